The summed E-state index contributed by atoms with van der Waals surface area (Å²) in [6.07, 6.45) is 1.34. The third-order valence-electron chi connectivity index (χ3n) is 0.832. The molecule has 2 nitrogen and oxygen atoms in total. The molecule has 1 heterocycles. The average molecular weight is 164 g/mol. The molecule has 1 rings (SSSR count). The molecule has 0 atom stereocenters. The molecule has 0 aliphatic carbocycles. The molecule has 0 radical (unpaired) electrons. The van der Waals surface area contributed by atoms with Crippen LogP contribution in [0.1, 0.15) is 0 Å². The van der Waals surface area contributed by atoms with Crippen LogP contribution < -0.4 is 5.56 Å². The van der Waals surface area contributed by atoms with Gasteiger partial charge < -0.3 is 0 Å². The van der Waals surface area contributed by atoms with Crippen LogP contribution in [-0.2, 0) is 0 Å². The first-order chi connectivity index (χ1) is 4.20. The summed E-state index contributed by atoms with van der Waals surface area (Å²) in [5.41, 5.74) is -0.277. The summed E-state index contributed by atoms with van der Waals surface area (Å²) < 4.78 is 0.905. The fourth-order valence-electron chi connectivity index (χ4n) is 0.437. The van der Waals surface area contributed by atoms with Gasteiger partial charge in [-0.2, -0.15) is 0 Å². The van der Waals surface area contributed by atoms with Crippen molar-refractivity contribution in [1.82, 2.24) is 4.09 Å². The van der Waals surface area contributed by atoms with E-state index >= 15 is 0 Å². The molecule has 0 saturated carbocycles. The summed E-state index contributed by atoms with van der Waals surface area (Å²) in [6.45, 7) is 0. The van der Waals surface area contributed by atoms with E-state index in [1.807, 2.05) is 0 Å². The molecule has 0 aliphatic rings. The molecular formula is C5H3Cl2NO. The van der Waals surface area contributed by atoms with E-state index in [4.69, 9.17) is 23.4 Å². The maximum absolute atomic E-state index is 10.5. The maximum Gasteiger partial charge on any atom is 0.265 e. The molecule has 0 unspecified atom stereocenters. The van der Waals surface area contributed by atoms with Crippen LogP contribution in [0.15, 0.2) is 23.1 Å². The Hall–Kier alpha value is -0.470. The molecule has 0 aromatic carbocycles. The fraction of sp³-hybridized carbons (Fsp3) is 0. The first-order valence-electron chi connectivity index (χ1n) is 2.24. The number of rotatable bonds is 0. The fourth-order valence-corrected chi connectivity index (χ4v) is 0.809. The Labute approximate surface area is 61.7 Å². The predicted molar refractivity (Wildman–Crippen MR) is 37.0 cm³/mol. The minimum Gasteiger partial charge on any atom is -0.268 e. The zero-order chi connectivity index (χ0) is 6.85. The van der Waals surface area contributed by atoms with Crippen LogP contribution in [0.3, 0.4) is 0 Å². The van der Waals surface area contributed by atoms with Crippen molar-refractivity contribution in [3.8, 4) is 0 Å². The Bertz CT molecular complexity index is 268. The van der Waals surface area contributed by atoms with E-state index in [9.17, 15) is 4.79 Å². The second-order valence-electron chi connectivity index (χ2n) is 1.50. The molecule has 0 amide bonds. The van der Waals surface area contributed by atoms with E-state index in [1.165, 1.54) is 18.3 Å². The summed E-state index contributed by atoms with van der Waals surface area (Å²) in [4.78, 5) is 10.5. The lowest BCUT2D eigenvalue weighted by Crippen LogP contribution is -2.08. The van der Waals surface area contributed by atoms with Crippen molar-refractivity contribution < 1.29 is 0 Å². The summed E-state index contributed by atoms with van der Waals surface area (Å²) in [5, 5.41) is 0.449. The Kier molecular flexibility index (Phi) is 1.78. The molecule has 0 saturated heterocycles. The third kappa shape index (κ3) is 1.47. The topological polar surface area (TPSA) is 22.0 Å². The summed E-state index contributed by atoms with van der Waals surface area (Å²) in [5.74, 6) is 0. The van der Waals surface area contributed by atoms with Crippen LogP contribution >= 0.6 is 23.4 Å². The van der Waals surface area contributed by atoms with Crippen molar-refractivity contribution in [2.75, 3.05) is 0 Å². The molecule has 0 fully saturated rings. The Morgan fingerprint density at radius 2 is 2.11 bits per heavy atom. The predicted octanol–water partition coefficient (Wildman–Crippen LogP) is 1.50. The number of nitrogens with zero attached hydrogens (tertiary/aromatic N) is 1. The van der Waals surface area contributed by atoms with Crippen LogP contribution in [0.5, 0.6) is 0 Å². The van der Waals surface area contributed by atoms with E-state index in [0.29, 0.717) is 5.02 Å². The molecule has 48 valence electrons. The van der Waals surface area contributed by atoms with E-state index in [1.54, 1.807) is 0 Å². The van der Waals surface area contributed by atoms with Gasteiger partial charge in [0.2, 0.25) is 0 Å². The SMILES string of the molecule is O=c1ccc(Cl)cn1Cl. The molecule has 9 heavy (non-hydrogen) atoms. The normalized spacial score (nSPS) is 9.56. The van der Waals surface area contributed by atoms with Crippen LogP contribution in [-0.4, -0.2) is 4.09 Å². The molecular weight excluding hydrogens is 161 g/mol. The van der Waals surface area contributed by atoms with E-state index < -0.39 is 0 Å². The van der Waals surface area contributed by atoms with Gasteiger partial charge in [0.15, 0.2) is 0 Å². The van der Waals surface area contributed by atoms with Crippen molar-refractivity contribution >= 4 is 23.4 Å². The monoisotopic (exact) mass is 163 g/mol. The molecule has 0 spiro atoms. The minimum atomic E-state index is -0.277. The lowest BCUT2D eigenvalue weighted by Gasteiger charge is -1.90. The number of halogens is 2. The van der Waals surface area contributed by atoms with Gasteiger partial charge in [-0.05, 0) is 6.07 Å². The second-order valence-corrected chi connectivity index (χ2v) is 2.30. The van der Waals surface area contributed by atoms with Gasteiger partial charge in [0.25, 0.3) is 5.56 Å². The molecule has 4 heteroatoms. The third-order valence-corrected chi connectivity index (χ3v) is 1.32. The van der Waals surface area contributed by atoms with Crippen LogP contribution in [0.4, 0.5) is 0 Å². The maximum atomic E-state index is 10.5. The molecule has 1 aromatic heterocycles. The van der Waals surface area contributed by atoms with Crippen molar-refractivity contribution in [2.24, 2.45) is 0 Å². The van der Waals surface area contributed by atoms with Crippen LogP contribution in [0.25, 0.3) is 0 Å². The van der Waals surface area contributed by atoms with Gasteiger partial charge >= 0.3 is 0 Å². The van der Waals surface area contributed by atoms with Crippen molar-refractivity contribution in [2.45, 2.75) is 0 Å². The number of hydrogen-bond donors (Lipinski definition) is 0. The zero-order valence-electron chi connectivity index (χ0n) is 4.34. The number of hydrogen-bond acceptors (Lipinski definition) is 1. The minimum absolute atomic E-state index is 0.277. The highest BCUT2D eigenvalue weighted by molar-refractivity contribution is 6.30. The number of aromatic nitrogens is 1. The molecule has 1 aromatic rings. The highest BCUT2D eigenvalue weighted by Crippen LogP contribution is 2.02. The van der Waals surface area contributed by atoms with Gasteiger partial charge in [-0.15, -0.1) is 0 Å². The average Bonchev–Trinajstić information content (AvgIpc) is 1.80. The van der Waals surface area contributed by atoms with Gasteiger partial charge in [-0.1, -0.05) is 11.6 Å². The van der Waals surface area contributed by atoms with Crippen molar-refractivity contribution in [3.63, 3.8) is 0 Å². The Morgan fingerprint density at radius 1 is 1.44 bits per heavy atom. The molecule has 0 aliphatic heterocycles. The Morgan fingerprint density at radius 3 is 2.56 bits per heavy atom. The standard InChI is InChI=1S/C5H3Cl2NO/c6-4-1-2-5(9)8(7)3-4/h1-3H. The number of pyridine rings is 1. The summed E-state index contributed by atoms with van der Waals surface area (Å²) in [6, 6.07) is 2.79. The van der Waals surface area contributed by atoms with Gasteiger partial charge in [0.1, 0.15) is 0 Å². The Balaban J connectivity index is 3.34. The zero-order valence-corrected chi connectivity index (χ0v) is 5.86. The van der Waals surface area contributed by atoms with Gasteiger partial charge in [0.05, 0.1) is 5.02 Å². The van der Waals surface area contributed by atoms with Crippen LogP contribution in [0.2, 0.25) is 5.02 Å². The van der Waals surface area contributed by atoms with Crippen molar-refractivity contribution in [3.05, 3.63) is 33.7 Å². The van der Waals surface area contributed by atoms with Crippen LogP contribution in [0, 0.1) is 0 Å². The lowest BCUT2D eigenvalue weighted by atomic mass is 10.5. The molecule has 0 bridgehead atoms. The molecule has 0 N–H and O–H groups in total. The smallest absolute Gasteiger partial charge is 0.265 e. The first-order valence-corrected chi connectivity index (χ1v) is 2.96. The van der Waals surface area contributed by atoms with Gasteiger partial charge in [-0.25, -0.2) is 4.09 Å². The van der Waals surface area contributed by atoms with E-state index in [2.05, 4.69) is 0 Å². The van der Waals surface area contributed by atoms with E-state index in [-0.39, 0.29) is 5.56 Å². The van der Waals surface area contributed by atoms with Gasteiger partial charge in [-0.3, -0.25) is 4.79 Å². The second kappa shape index (κ2) is 2.42. The first kappa shape index (κ1) is 6.65. The summed E-state index contributed by atoms with van der Waals surface area (Å²) in [7, 11) is 0. The highest BCUT2D eigenvalue weighted by atomic mass is 35.5. The summed E-state index contributed by atoms with van der Waals surface area (Å²) >= 11 is 10.8. The largest absolute Gasteiger partial charge is 0.268 e. The van der Waals surface area contributed by atoms with E-state index in [0.717, 1.165) is 4.09 Å². The van der Waals surface area contributed by atoms with Gasteiger partial charge in [0, 0.05) is 24.0 Å². The quantitative estimate of drug-likeness (QED) is 0.569. The lowest BCUT2D eigenvalue weighted by molar-refractivity contribution is 1.13. The highest BCUT2D eigenvalue weighted by Gasteiger charge is 1.90. The van der Waals surface area contributed by atoms with Crippen molar-refractivity contribution in [1.29, 1.82) is 0 Å².